The van der Waals surface area contributed by atoms with Crippen molar-refractivity contribution in [3.05, 3.63) is 0 Å². The molecule has 5 atom stereocenters. The van der Waals surface area contributed by atoms with E-state index in [0.717, 1.165) is 0 Å². The van der Waals surface area contributed by atoms with Crippen LogP contribution < -0.4 is 10.2 Å². The molecule has 0 aromatic rings. The Morgan fingerprint density at radius 2 is 2.20 bits per heavy atom. The van der Waals surface area contributed by atoms with Gasteiger partial charge in [-0.15, -0.1) is 0 Å². The van der Waals surface area contributed by atoms with Crippen LogP contribution in [0.15, 0.2) is 5.11 Å². The van der Waals surface area contributed by atoms with Gasteiger partial charge in [0.05, 0.1) is 13.2 Å². The van der Waals surface area contributed by atoms with Gasteiger partial charge in [-0.3, -0.25) is 4.79 Å². The SMILES string of the molecule is CC(=O)N[C@H]1[C@H](OCCN=[N+]=N)O[C@H](CO)[C@@H](O)[C@@H]1O. The van der Waals surface area contributed by atoms with Crippen LogP contribution in [0.25, 0.3) is 0 Å². The van der Waals surface area contributed by atoms with Crippen molar-refractivity contribution in [3.63, 3.8) is 0 Å². The molecule has 10 heteroatoms. The summed E-state index contributed by atoms with van der Waals surface area (Å²) >= 11 is 0. The maximum Gasteiger partial charge on any atom is 0.217 e. The molecule has 1 fully saturated rings. The standard InChI is InChI=1S/C10H18N4O6/c1-5(16)13-7-9(18)8(17)6(4-15)20-10(7)19-3-2-12-14-11/h6-11,15,17-18H,2-4H2,1H3/p+1/t6-,7-,8-,9-,10-/m1/s1. The third-order valence-electron chi connectivity index (χ3n) is 2.79. The highest BCUT2D eigenvalue weighted by atomic mass is 16.7. The van der Waals surface area contributed by atoms with Gasteiger partial charge in [-0.05, 0) is 0 Å². The van der Waals surface area contributed by atoms with Crippen LogP contribution in [-0.4, -0.2) is 71.6 Å². The fraction of sp³-hybridized carbons (Fsp3) is 0.900. The number of hydrogen-bond acceptors (Lipinski definition) is 8. The van der Waals surface area contributed by atoms with Gasteiger partial charge in [0.2, 0.25) is 10.8 Å². The number of nitrogens with zero attached hydrogens (tertiary/aromatic N) is 2. The molecule has 1 aliphatic heterocycles. The number of carbonyl (C=O) groups excluding carboxylic acids is 1. The van der Waals surface area contributed by atoms with Gasteiger partial charge in [0.15, 0.2) is 6.29 Å². The minimum Gasteiger partial charge on any atom is -0.394 e. The number of ether oxygens (including phenoxy) is 2. The first-order chi connectivity index (χ1) is 9.51. The summed E-state index contributed by atoms with van der Waals surface area (Å²) in [4.78, 5) is 13.9. The zero-order chi connectivity index (χ0) is 15.1. The number of nitrogens with one attached hydrogen (secondary N) is 2. The molecule has 10 nitrogen and oxygen atoms in total. The number of amides is 1. The van der Waals surface area contributed by atoms with Gasteiger partial charge in [-0.2, -0.15) is 0 Å². The molecule has 0 aromatic carbocycles. The third-order valence-corrected chi connectivity index (χ3v) is 2.79. The highest BCUT2D eigenvalue weighted by Crippen LogP contribution is 2.22. The van der Waals surface area contributed by atoms with Crippen molar-refractivity contribution in [2.75, 3.05) is 19.8 Å². The van der Waals surface area contributed by atoms with Crippen molar-refractivity contribution in [1.29, 1.82) is 5.53 Å². The van der Waals surface area contributed by atoms with Gasteiger partial charge in [-0.1, -0.05) is 0 Å². The van der Waals surface area contributed by atoms with Crippen LogP contribution in [0.4, 0.5) is 0 Å². The Hall–Kier alpha value is -1.42. The van der Waals surface area contributed by atoms with E-state index in [-0.39, 0.29) is 13.2 Å². The molecule has 1 saturated heterocycles. The Kier molecular flexibility index (Phi) is 6.65. The van der Waals surface area contributed by atoms with Crippen molar-refractivity contribution < 1.29 is 29.6 Å². The van der Waals surface area contributed by atoms with Crippen molar-refractivity contribution in [1.82, 2.24) is 10.2 Å². The van der Waals surface area contributed by atoms with E-state index in [1.54, 1.807) is 0 Å². The second-order valence-electron chi connectivity index (χ2n) is 4.27. The molecule has 0 radical (unpaired) electrons. The molecule has 1 rings (SSSR count). The molecule has 1 heterocycles. The Labute approximate surface area is 114 Å². The van der Waals surface area contributed by atoms with E-state index in [2.05, 4.69) is 15.3 Å². The Morgan fingerprint density at radius 1 is 1.50 bits per heavy atom. The second-order valence-corrected chi connectivity index (χ2v) is 4.27. The molecule has 0 unspecified atom stereocenters. The lowest BCUT2D eigenvalue weighted by Gasteiger charge is -2.42. The number of hydrogen-bond donors (Lipinski definition) is 5. The average Bonchev–Trinajstić information content (AvgIpc) is 2.41. The van der Waals surface area contributed by atoms with Crippen LogP contribution in [0, 0.1) is 5.53 Å². The number of carbonyl (C=O) groups is 1. The minimum atomic E-state index is -1.34. The molecule has 0 bridgehead atoms. The summed E-state index contributed by atoms with van der Waals surface area (Å²) in [7, 11) is 0. The molecular weight excluding hydrogens is 272 g/mol. The zero-order valence-electron chi connectivity index (χ0n) is 11.0. The van der Waals surface area contributed by atoms with Crippen LogP contribution in [0.3, 0.4) is 0 Å². The van der Waals surface area contributed by atoms with Crippen LogP contribution >= 0.6 is 0 Å². The topological polar surface area (TPSA) is 159 Å². The summed E-state index contributed by atoms with van der Waals surface area (Å²) in [6, 6.07) is -0.974. The van der Waals surface area contributed by atoms with Gasteiger partial charge in [0.1, 0.15) is 41.5 Å². The van der Waals surface area contributed by atoms with Gasteiger partial charge in [0, 0.05) is 6.92 Å². The van der Waals surface area contributed by atoms with Crippen LogP contribution in [0.2, 0.25) is 0 Å². The number of rotatable bonds is 6. The Balaban J connectivity index is 2.72. The molecule has 0 aromatic heterocycles. The molecule has 0 spiro atoms. The van der Waals surface area contributed by atoms with E-state index in [0.29, 0.717) is 0 Å². The Morgan fingerprint density at radius 3 is 2.75 bits per heavy atom. The molecular formula is C10H19N4O6+. The molecule has 1 aliphatic rings. The molecule has 20 heavy (non-hydrogen) atoms. The molecule has 0 aliphatic carbocycles. The maximum atomic E-state index is 11.1. The molecule has 1 amide bonds. The van der Waals surface area contributed by atoms with Gasteiger partial charge in [0.25, 0.3) is 0 Å². The Bertz CT molecular complexity index is 375. The maximum absolute atomic E-state index is 11.1. The summed E-state index contributed by atoms with van der Waals surface area (Å²) in [5.41, 5.74) is 6.49. The first-order valence-electron chi connectivity index (χ1n) is 6.05. The average molecular weight is 291 g/mol. The number of aliphatic hydroxyl groups is 3. The van der Waals surface area contributed by atoms with Crippen molar-refractivity contribution >= 4 is 5.91 Å². The second kappa shape index (κ2) is 8.00. The highest BCUT2D eigenvalue weighted by molar-refractivity contribution is 5.73. The predicted octanol–water partition coefficient (Wildman–Crippen LogP) is -2.50. The monoisotopic (exact) mass is 291 g/mol. The van der Waals surface area contributed by atoms with E-state index in [9.17, 15) is 15.0 Å². The zero-order valence-corrected chi connectivity index (χ0v) is 11.0. The largest absolute Gasteiger partial charge is 0.394 e. The quantitative estimate of drug-likeness (QED) is 0.206. The first-order valence-corrected chi connectivity index (χ1v) is 6.05. The van der Waals surface area contributed by atoms with Gasteiger partial charge >= 0.3 is 0 Å². The highest BCUT2D eigenvalue weighted by Gasteiger charge is 2.45. The smallest absolute Gasteiger partial charge is 0.217 e. The first kappa shape index (κ1) is 16.6. The summed E-state index contributed by atoms with van der Waals surface area (Å²) in [6.45, 7) is 0.905. The molecule has 114 valence electrons. The number of aliphatic hydroxyl groups excluding tert-OH is 3. The minimum absolute atomic E-state index is 0.0457. The van der Waals surface area contributed by atoms with Gasteiger partial charge in [-0.25, -0.2) is 0 Å². The lowest BCUT2D eigenvalue weighted by atomic mass is 9.97. The van der Waals surface area contributed by atoms with Crippen molar-refractivity contribution in [3.8, 4) is 0 Å². The fourth-order valence-corrected chi connectivity index (χ4v) is 1.87. The summed E-state index contributed by atoms with van der Waals surface area (Å²) in [6.07, 6.45) is -4.74. The lowest BCUT2D eigenvalue weighted by molar-refractivity contribution is -0.269. The summed E-state index contributed by atoms with van der Waals surface area (Å²) in [5, 5.41) is 34.6. The van der Waals surface area contributed by atoms with Crippen molar-refractivity contribution in [2.24, 2.45) is 5.11 Å². The summed E-state index contributed by atoms with van der Waals surface area (Å²) < 4.78 is 10.6. The lowest BCUT2D eigenvalue weighted by Crippen LogP contribution is -2.64. The normalized spacial score (nSPS) is 33.3. The molecule has 0 saturated carbocycles. The van der Waals surface area contributed by atoms with Gasteiger partial charge < -0.3 is 30.1 Å². The van der Waals surface area contributed by atoms with E-state index in [1.807, 2.05) is 0 Å². The van der Waals surface area contributed by atoms with Crippen LogP contribution in [0.5, 0.6) is 0 Å². The fourth-order valence-electron chi connectivity index (χ4n) is 1.87. The molecule has 5 N–H and O–H groups in total. The third kappa shape index (κ3) is 4.30. The van der Waals surface area contributed by atoms with E-state index in [1.165, 1.54) is 6.92 Å². The van der Waals surface area contributed by atoms with E-state index >= 15 is 0 Å². The van der Waals surface area contributed by atoms with Crippen LogP contribution in [-0.2, 0) is 14.3 Å². The predicted molar refractivity (Wildman–Crippen MR) is 63.5 cm³/mol. The van der Waals surface area contributed by atoms with E-state index in [4.69, 9.17) is 20.1 Å². The summed E-state index contributed by atoms with van der Waals surface area (Å²) in [5.74, 6) is -0.424. The van der Waals surface area contributed by atoms with Crippen molar-refractivity contribution in [2.45, 2.75) is 37.6 Å². The van der Waals surface area contributed by atoms with Crippen LogP contribution in [0.1, 0.15) is 6.92 Å². The van der Waals surface area contributed by atoms with E-state index < -0.39 is 43.2 Å².